The summed E-state index contributed by atoms with van der Waals surface area (Å²) in [7, 11) is 0. The first kappa shape index (κ1) is 27.0. The van der Waals surface area contributed by atoms with Gasteiger partial charge in [-0.2, -0.15) is 13.2 Å². The minimum atomic E-state index is -4.69. The number of aromatic nitrogens is 1. The fourth-order valence-corrected chi connectivity index (χ4v) is 3.70. The van der Waals surface area contributed by atoms with Crippen molar-refractivity contribution in [1.82, 2.24) is 4.98 Å². The quantitative estimate of drug-likeness (QED) is 0.296. The summed E-state index contributed by atoms with van der Waals surface area (Å²) in [5.41, 5.74) is 1.16. The SMILES string of the molecule is CCOC(=O)Cc1ccc(Nc2cc(Cl)c(C(F)(F)F)cc2NC(=O)CCCc2ccccn2)cc1. The molecule has 2 N–H and O–H groups in total. The van der Waals surface area contributed by atoms with E-state index in [2.05, 4.69) is 15.6 Å². The summed E-state index contributed by atoms with van der Waals surface area (Å²) in [5, 5.41) is 5.06. The molecule has 0 aliphatic heterocycles. The lowest BCUT2D eigenvalue weighted by Gasteiger charge is -2.18. The van der Waals surface area contributed by atoms with Crippen molar-refractivity contribution >= 4 is 40.5 Å². The number of halogens is 4. The van der Waals surface area contributed by atoms with Crippen molar-refractivity contribution in [2.45, 2.75) is 38.8 Å². The molecule has 3 rings (SSSR count). The summed E-state index contributed by atoms with van der Waals surface area (Å²) in [5.74, 6) is -0.796. The van der Waals surface area contributed by atoms with Crippen LogP contribution in [0.2, 0.25) is 5.02 Å². The number of pyridine rings is 1. The lowest BCUT2D eigenvalue weighted by atomic mass is 10.1. The Labute approximate surface area is 211 Å². The number of benzene rings is 2. The normalized spacial score (nSPS) is 11.1. The molecule has 10 heteroatoms. The fourth-order valence-electron chi connectivity index (χ4n) is 3.43. The number of nitrogens with one attached hydrogen (secondary N) is 2. The molecule has 0 saturated heterocycles. The number of hydrogen-bond donors (Lipinski definition) is 2. The van der Waals surface area contributed by atoms with Crippen LogP contribution in [-0.2, 0) is 33.3 Å². The highest BCUT2D eigenvalue weighted by atomic mass is 35.5. The smallest absolute Gasteiger partial charge is 0.417 e. The Morgan fingerprint density at radius 3 is 2.44 bits per heavy atom. The number of carbonyl (C=O) groups excluding carboxylic acids is 2. The average molecular weight is 520 g/mol. The van der Waals surface area contributed by atoms with Crippen LogP contribution in [-0.4, -0.2) is 23.5 Å². The molecule has 3 aromatic rings. The molecule has 0 spiro atoms. The summed E-state index contributed by atoms with van der Waals surface area (Å²) in [6.45, 7) is 2.00. The molecule has 0 aliphatic rings. The number of rotatable bonds is 10. The van der Waals surface area contributed by atoms with Crippen molar-refractivity contribution < 1.29 is 27.5 Å². The van der Waals surface area contributed by atoms with Crippen LogP contribution < -0.4 is 10.6 Å². The van der Waals surface area contributed by atoms with Crippen LogP contribution in [0.4, 0.5) is 30.2 Å². The zero-order valence-electron chi connectivity index (χ0n) is 19.5. The second-order valence-corrected chi connectivity index (χ2v) is 8.31. The van der Waals surface area contributed by atoms with Crippen LogP contribution in [0.5, 0.6) is 0 Å². The van der Waals surface area contributed by atoms with Gasteiger partial charge < -0.3 is 15.4 Å². The van der Waals surface area contributed by atoms with Crippen LogP contribution >= 0.6 is 11.6 Å². The van der Waals surface area contributed by atoms with E-state index in [1.54, 1.807) is 43.5 Å². The van der Waals surface area contributed by atoms with E-state index in [0.717, 1.165) is 17.8 Å². The molecule has 1 amide bonds. The summed E-state index contributed by atoms with van der Waals surface area (Å²) in [6.07, 6.45) is -1.80. The number of amides is 1. The number of anilines is 3. The number of hydrogen-bond acceptors (Lipinski definition) is 5. The zero-order chi connectivity index (χ0) is 26.1. The maximum Gasteiger partial charge on any atom is 0.417 e. The van der Waals surface area contributed by atoms with Gasteiger partial charge in [0.2, 0.25) is 5.91 Å². The second kappa shape index (κ2) is 12.4. The molecule has 0 unspecified atom stereocenters. The predicted octanol–water partition coefficient (Wildman–Crippen LogP) is 6.56. The molecule has 1 heterocycles. The zero-order valence-corrected chi connectivity index (χ0v) is 20.2. The van der Waals surface area contributed by atoms with E-state index in [0.29, 0.717) is 24.1 Å². The number of alkyl halides is 3. The van der Waals surface area contributed by atoms with Gasteiger partial charge in [-0.05, 0) is 61.7 Å². The minimum Gasteiger partial charge on any atom is -0.466 e. The number of nitrogens with zero attached hydrogens (tertiary/aromatic N) is 1. The Kier molecular flexibility index (Phi) is 9.30. The van der Waals surface area contributed by atoms with Crippen molar-refractivity contribution in [3.63, 3.8) is 0 Å². The maximum absolute atomic E-state index is 13.5. The maximum atomic E-state index is 13.5. The lowest BCUT2D eigenvalue weighted by molar-refractivity contribution is -0.142. The summed E-state index contributed by atoms with van der Waals surface area (Å²) >= 11 is 5.92. The van der Waals surface area contributed by atoms with Crippen molar-refractivity contribution in [3.05, 3.63) is 82.6 Å². The Hall–Kier alpha value is -3.59. The van der Waals surface area contributed by atoms with Crippen LogP contribution in [0.25, 0.3) is 0 Å². The van der Waals surface area contributed by atoms with Gasteiger partial charge in [-0.1, -0.05) is 29.8 Å². The average Bonchev–Trinajstić information content (AvgIpc) is 2.82. The molecule has 1 aromatic heterocycles. The Balaban J connectivity index is 1.75. The molecule has 0 aliphatic carbocycles. The van der Waals surface area contributed by atoms with Crippen LogP contribution in [0, 0.1) is 0 Å². The van der Waals surface area contributed by atoms with E-state index < -0.39 is 22.7 Å². The molecule has 0 bridgehead atoms. The topological polar surface area (TPSA) is 80.3 Å². The molecule has 6 nitrogen and oxygen atoms in total. The largest absolute Gasteiger partial charge is 0.466 e. The van der Waals surface area contributed by atoms with E-state index in [9.17, 15) is 22.8 Å². The first-order valence-corrected chi connectivity index (χ1v) is 11.7. The standard InChI is InChI=1S/C26H25ClF3N3O3/c1-2-36-25(35)14-17-9-11-19(12-10-17)32-23-16-21(27)20(26(28,29)30)15-22(23)33-24(34)8-5-7-18-6-3-4-13-31-18/h3-4,6,9-13,15-16,32H,2,5,7-8,14H2,1H3,(H,33,34). The third-order valence-corrected chi connectivity index (χ3v) is 5.45. The fraction of sp³-hybridized carbons (Fsp3) is 0.269. The van der Waals surface area contributed by atoms with E-state index in [-0.39, 0.29) is 36.8 Å². The third-order valence-electron chi connectivity index (χ3n) is 5.14. The Bertz CT molecular complexity index is 1190. The second-order valence-electron chi connectivity index (χ2n) is 7.90. The summed E-state index contributed by atoms with van der Waals surface area (Å²) in [6, 6.07) is 14.1. The molecule has 0 atom stereocenters. The van der Waals surface area contributed by atoms with Gasteiger partial charge in [0, 0.05) is 24.0 Å². The molecule has 0 radical (unpaired) electrons. The number of aryl methyl sites for hydroxylation is 1. The van der Waals surface area contributed by atoms with Crippen LogP contribution in [0.15, 0.2) is 60.8 Å². The number of carbonyl (C=O) groups is 2. The highest BCUT2D eigenvalue weighted by Gasteiger charge is 2.34. The molecular formula is C26H25ClF3N3O3. The van der Waals surface area contributed by atoms with Crippen LogP contribution in [0.3, 0.4) is 0 Å². The van der Waals surface area contributed by atoms with Gasteiger partial charge in [-0.3, -0.25) is 14.6 Å². The highest BCUT2D eigenvalue weighted by Crippen LogP contribution is 2.40. The first-order chi connectivity index (χ1) is 17.2. The molecule has 36 heavy (non-hydrogen) atoms. The Morgan fingerprint density at radius 2 is 1.81 bits per heavy atom. The van der Waals surface area contributed by atoms with Gasteiger partial charge in [0.15, 0.2) is 0 Å². The first-order valence-electron chi connectivity index (χ1n) is 11.3. The Morgan fingerprint density at radius 1 is 1.06 bits per heavy atom. The van der Waals surface area contributed by atoms with E-state index in [1.165, 1.54) is 0 Å². The number of ether oxygens (including phenoxy) is 1. The third kappa shape index (κ3) is 7.98. The highest BCUT2D eigenvalue weighted by molar-refractivity contribution is 6.32. The molecule has 190 valence electrons. The van der Waals surface area contributed by atoms with Crippen LogP contribution in [0.1, 0.15) is 36.6 Å². The van der Waals surface area contributed by atoms with Gasteiger partial charge in [-0.25, -0.2) is 0 Å². The van der Waals surface area contributed by atoms with Gasteiger partial charge in [0.1, 0.15) is 0 Å². The lowest BCUT2D eigenvalue weighted by Crippen LogP contribution is -2.15. The molecule has 0 saturated carbocycles. The van der Waals surface area contributed by atoms with E-state index >= 15 is 0 Å². The monoisotopic (exact) mass is 519 g/mol. The summed E-state index contributed by atoms with van der Waals surface area (Å²) in [4.78, 5) is 28.4. The van der Waals surface area contributed by atoms with Crippen molar-refractivity contribution in [1.29, 1.82) is 0 Å². The van der Waals surface area contributed by atoms with Gasteiger partial charge in [0.05, 0.1) is 35.0 Å². The minimum absolute atomic E-state index is 0.0508. The van der Waals surface area contributed by atoms with Gasteiger partial charge in [-0.15, -0.1) is 0 Å². The molecule has 2 aromatic carbocycles. The van der Waals surface area contributed by atoms with E-state index in [1.807, 2.05) is 12.1 Å². The summed E-state index contributed by atoms with van der Waals surface area (Å²) < 4.78 is 45.3. The van der Waals surface area contributed by atoms with Crippen molar-refractivity contribution in [3.8, 4) is 0 Å². The van der Waals surface area contributed by atoms with Crippen molar-refractivity contribution in [2.24, 2.45) is 0 Å². The predicted molar refractivity (Wildman–Crippen MR) is 132 cm³/mol. The number of esters is 1. The van der Waals surface area contributed by atoms with Gasteiger partial charge >= 0.3 is 12.1 Å². The van der Waals surface area contributed by atoms with Crippen molar-refractivity contribution in [2.75, 3.05) is 17.2 Å². The molecule has 0 fully saturated rings. The molecular weight excluding hydrogens is 495 g/mol. The van der Waals surface area contributed by atoms with Gasteiger partial charge in [0.25, 0.3) is 0 Å². The van der Waals surface area contributed by atoms with E-state index in [4.69, 9.17) is 16.3 Å².